The van der Waals surface area contributed by atoms with Crippen molar-refractivity contribution in [3.63, 3.8) is 0 Å². The summed E-state index contributed by atoms with van der Waals surface area (Å²) >= 11 is 3.01. The van der Waals surface area contributed by atoms with Crippen LogP contribution in [-0.4, -0.2) is 28.8 Å². The highest BCUT2D eigenvalue weighted by Crippen LogP contribution is 1.91. The lowest BCUT2D eigenvalue weighted by Gasteiger charge is -2.22. The van der Waals surface area contributed by atoms with Gasteiger partial charge in [0.05, 0.1) is 5.33 Å². The van der Waals surface area contributed by atoms with Crippen molar-refractivity contribution in [3.8, 4) is 0 Å². The van der Waals surface area contributed by atoms with Gasteiger partial charge in [0.2, 0.25) is 11.9 Å². The molecular weight excluding hydrogens is 236 g/mol. The van der Waals surface area contributed by atoms with E-state index in [0.29, 0.717) is 6.54 Å². The molecule has 6 heteroatoms. The number of nitrogens with zero attached hydrogens (tertiary/aromatic N) is 1. The molecule has 0 aromatic heterocycles. The summed E-state index contributed by atoms with van der Waals surface area (Å²) in [4.78, 5) is 10.9. The van der Waals surface area contributed by atoms with Crippen molar-refractivity contribution in [2.24, 2.45) is 5.73 Å². The molecule has 5 nitrogen and oxygen atoms in total. The van der Waals surface area contributed by atoms with E-state index in [1.165, 1.54) is 5.01 Å². The molecule has 0 saturated carbocycles. The van der Waals surface area contributed by atoms with E-state index < -0.39 is 0 Å². The summed E-state index contributed by atoms with van der Waals surface area (Å²) in [5.41, 5.74) is 7.76. The second kappa shape index (κ2) is 6.71. The van der Waals surface area contributed by atoms with Gasteiger partial charge in [-0.15, -0.1) is 0 Å². The molecule has 0 aliphatic rings. The Balaban J connectivity index is 3.94. The van der Waals surface area contributed by atoms with E-state index in [1.54, 1.807) is 0 Å². The molecule has 0 aromatic rings. The minimum absolute atomic E-state index is 0.136. The fourth-order valence-electron chi connectivity index (χ4n) is 0.733. The maximum Gasteiger partial charge on any atom is 0.249 e. The Morgan fingerprint density at radius 3 is 2.69 bits per heavy atom. The van der Waals surface area contributed by atoms with Gasteiger partial charge in [0.15, 0.2) is 0 Å². The summed E-state index contributed by atoms with van der Waals surface area (Å²) in [6, 6.07) is 0. The number of hydrazine groups is 1. The zero-order chi connectivity index (χ0) is 10.3. The number of nitrogens with two attached hydrogens (primary N) is 1. The Hall–Kier alpha value is -0.780. The number of amides is 1. The number of unbranched alkanes of at least 4 members (excludes halogenated alkanes) is 1. The normalized spacial score (nSPS) is 9.38. The summed E-state index contributed by atoms with van der Waals surface area (Å²) in [6.07, 6.45) is 1.89. The van der Waals surface area contributed by atoms with Gasteiger partial charge in [0.25, 0.3) is 0 Å². The van der Waals surface area contributed by atoms with Crippen LogP contribution >= 0.6 is 15.9 Å². The predicted octanol–water partition coefficient (Wildman–Crippen LogP) is 0.408. The SMILES string of the molecule is CCCCN(NC(=O)CBr)C(=N)N. The van der Waals surface area contributed by atoms with Gasteiger partial charge in [-0.3, -0.25) is 20.6 Å². The van der Waals surface area contributed by atoms with E-state index in [2.05, 4.69) is 21.4 Å². The Bertz CT molecular complexity index is 185. The van der Waals surface area contributed by atoms with Crippen LogP contribution in [0.1, 0.15) is 19.8 Å². The zero-order valence-electron chi connectivity index (χ0n) is 7.64. The topological polar surface area (TPSA) is 82.2 Å². The van der Waals surface area contributed by atoms with Crippen molar-refractivity contribution >= 4 is 27.8 Å². The van der Waals surface area contributed by atoms with Gasteiger partial charge in [-0.25, -0.2) is 0 Å². The highest BCUT2D eigenvalue weighted by atomic mass is 79.9. The number of alkyl halides is 1. The summed E-state index contributed by atoms with van der Waals surface area (Å²) in [5, 5.41) is 8.72. The summed E-state index contributed by atoms with van der Waals surface area (Å²) in [7, 11) is 0. The largest absolute Gasteiger partial charge is 0.369 e. The van der Waals surface area contributed by atoms with E-state index >= 15 is 0 Å². The summed E-state index contributed by atoms with van der Waals surface area (Å²) in [6.45, 7) is 2.61. The van der Waals surface area contributed by atoms with Crippen molar-refractivity contribution in [1.29, 1.82) is 5.41 Å². The molecule has 0 atom stereocenters. The number of carbonyl (C=O) groups is 1. The fraction of sp³-hybridized carbons (Fsp3) is 0.714. The molecule has 0 spiro atoms. The molecule has 0 radical (unpaired) electrons. The van der Waals surface area contributed by atoms with Crippen LogP contribution in [-0.2, 0) is 4.79 Å². The van der Waals surface area contributed by atoms with Gasteiger partial charge in [0, 0.05) is 6.54 Å². The molecule has 1 amide bonds. The monoisotopic (exact) mass is 250 g/mol. The first-order chi connectivity index (χ1) is 6.11. The maximum absolute atomic E-state index is 10.9. The zero-order valence-corrected chi connectivity index (χ0v) is 9.23. The van der Waals surface area contributed by atoms with Gasteiger partial charge >= 0.3 is 0 Å². The van der Waals surface area contributed by atoms with Gasteiger partial charge in [-0.2, -0.15) is 0 Å². The summed E-state index contributed by atoms with van der Waals surface area (Å²) in [5.74, 6) is -0.339. The van der Waals surface area contributed by atoms with Crippen LogP contribution in [0, 0.1) is 5.41 Å². The first-order valence-corrected chi connectivity index (χ1v) is 5.21. The molecule has 0 saturated heterocycles. The third-order valence-electron chi connectivity index (χ3n) is 1.41. The standard InChI is InChI=1S/C7H15BrN4O/c1-2-3-4-12(7(9)10)11-6(13)5-8/h2-5H2,1H3,(H3,9,10)(H,11,13). The lowest BCUT2D eigenvalue weighted by Crippen LogP contribution is -2.50. The minimum atomic E-state index is -0.202. The van der Waals surface area contributed by atoms with Gasteiger partial charge in [0.1, 0.15) is 0 Å². The average molecular weight is 251 g/mol. The van der Waals surface area contributed by atoms with Gasteiger partial charge in [-0.05, 0) is 6.42 Å². The third-order valence-corrected chi connectivity index (χ3v) is 1.92. The first-order valence-electron chi connectivity index (χ1n) is 4.08. The second-order valence-electron chi connectivity index (χ2n) is 2.56. The van der Waals surface area contributed by atoms with Crippen molar-refractivity contribution in [1.82, 2.24) is 10.4 Å². The highest BCUT2D eigenvalue weighted by molar-refractivity contribution is 9.09. The molecule has 0 aromatic carbocycles. The van der Waals surface area contributed by atoms with Crippen molar-refractivity contribution in [2.45, 2.75) is 19.8 Å². The third kappa shape index (κ3) is 5.46. The van der Waals surface area contributed by atoms with Crippen LogP contribution < -0.4 is 11.2 Å². The predicted molar refractivity (Wildman–Crippen MR) is 55.5 cm³/mol. The number of hydrogen-bond acceptors (Lipinski definition) is 2. The molecule has 0 aliphatic heterocycles. The molecular formula is C7H15BrN4O. The van der Waals surface area contributed by atoms with Crippen LogP contribution in [0.3, 0.4) is 0 Å². The van der Waals surface area contributed by atoms with E-state index in [1.807, 2.05) is 6.92 Å². The molecule has 76 valence electrons. The van der Waals surface area contributed by atoms with Gasteiger partial charge < -0.3 is 5.73 Å². The molecule has 0 unspecified atom stereocenters. The number of hydrogen-bond donors (Lipinski definition) is 3. The molecule has 0 heterocycles. The molecule has 0 fully saturated rings. The lowest BCUT2D eigenvalue weighted by atomic mass is 10.3. The molecule has 4 N–H and O–H groups in total. The van der Waals surface area contributed by atoms with Crippen LogP contribution in [0.25, 0.3) is 0 Å². The van der Waals surface area contributed by atoms with Crippen LogP contribution in [0.15, 0.2) is 0 Å². The Kier molecular flexibility index (Phi) is 6.30. The van der Waals surface area contributed by atoms with E-state index in [4.69, 9.17) is 11.1 Å². The molecule has 0 bridgehead atoms. The quantitative estimate of drug-likeness (QED) is 0.293. The first kappa shape index (κ1) is 12.2. The van der Waals surface area contributed by atoms with Crippen molar-refractivity contribution in [3.05, 3.63) is 0 Å². The smallest absolute Gasteiger partial charge is 0.249 e. The van der Waals surface area contributed by atoms with Crippen LogP contribution in [0.4, 0.5) is 0 Å². The number of nitrogens with one attached hydrogen (secondary N) is 2. The van der Waals surface area contributed by atoms with Crippen LogP contribution in [0.2, 0.25) is 0 Å². The maximum atomic E-state index is 10.9. The van der Waals surface area contributed by atoms with E-state index in [9.17, 15) is 4.79 Å². The highest BCUT2D eigenvalue weighted by Gasteiger charge is 2.08. The Morgan fingerprint density at radius 1 is 1.69 bits per heavy atom. The molecule has 0 aliphatic carbocycles. The average Bonchev–Trinajstić information content (AvgIpc) is 2.11. The number of rotatable bonds is 4. The number of guanidine groups is 1. The van der Waals surface area contributed by atoms with Crippen LogP contribution in [0.5, 0.6) is 0 Å². The van der Waals surface area contributed by atoms with Gasteiger partial charge in [-0.1, -0.05) is 29.3 Å². The molecule has 13 heavy (non-hydrogen) atoms. The van der Waals surface area contributed by atoms with Crippen molar-refractivity contribution in [2.75, 3.05) is 11.9 Å². The molecule has 0 rings (SSSR count). The lowest BCUT2D eigenvalue weighted by molar-refractivity contribution is -0.121. The number of halogens is 1. The summed E-state index contributed by atoms with van der Waals surface area (Å²) < 4.78 is 0. The minimum Gasteiger partial charge on any atom is -0.369 e. The number of carbonyl (C=O) groups excluding carboxylic acids is 1. The second-order valence-corrected chi connectivity index (χ2v) is 3.12. The Labute approximate surface area is 86.3 Å². The Morgan fingerprint density at radius 2 is 2.31 bits per heavy atom. The van der Waals surface area contributed by atoms with Crippen molar-refractivity contribution < 1.29 is 4.79 Å². The van der Waals surface area contributed by atoms with E-state index in [-0.39, 0.29) is 17.2 Å². The fourth-order valence-corrected chi connectivity index (χ4v) is 0.859. The van der Waals surface area contributed by atoms with E-state index in [0.717, 1.165) is 12.8 Å².